The third kappa shape index (κ3) is 6.27. The van der Waals surface area contributed by atoms with Gasteiger partial charge >= 0.3 is 0 Å². The quantitative estimate of drug-likeness (QED) is 0.279. The maximum absolute atomic E-state index is 13.9. The van der Waals surface area contributed by atoms with Crippen LogP contribution in [-0.2, 0) is 4.79 Å². The van der Waals surface area contributed by atoms with Gasteiger partial charge in [0.05, 0.1) is 16.8 Å². The topological polar surface area (TPSA) is 88.1 Å². The molecule has 2 aliphatic heterocycles. The van der Waals surface area contributed by atoms with E-state index in [1.165, 1.54) is 0 Å². The number of ether oxygens (including phenoxy) is 2. The van der Waals surface area contributed by atoms with E-state index in [9.17, 15) is 9.59 Å². The van der Waals surface area contributed by atoms with Gasteiger partial charge in [-0.25, -0.2) is 0 Å². The highest BCUT2D eigenvalue weighted by Gasteiger charge is 2.29. The van der Waals surface area contributed by atoms with Gasteiger partial charge in [-0.3, -0.25) is 9.59 Å². The average molecular weight is 598 g/mol. The minimum absolute atomic E-state index is 0.0460. The summed E-state index contributed by atoms with van der Waals surface area (Å²) in [5.41, 5.74) is 2.94. The lowest BCUT2D eigenvalue weighted by Gasteiger charge is -2.32. The molecule has 6 rings (SSSR count). The van der Waals surface area contributed by atoms with Crippen molar-refractivity contribution in [2.75, 3.05) is 44.4 Å². The molecule has 0 bridgehead atoms. The van der Waals surface area contributed by atoms with Crippen molar-refractivity contribution in [2.24, 2.45) is 0 Å². The standard InChI is InChI=1S/C33H32ClN5O4/c1-23(24-8-3-2-4-9-24)39(33(41)25-12-14-29-30(20-25)43-22-42-29)21-32(40)38-17-7-16-37(18-19-38)31-15-13-28(35-36-31)26-10-5-6-11-27(26)34/h2-6,8-15,20,23H,7,16-19,21-22H2,1H3. The van der Waals surface area contributed by atoms with Crippen molar-refractivity contribution >= 4 is 29.2 Å². The second kappa shape index (κ2) is 12.7. The zero-order valence-corrected chi connectivity index (χ0v) is 24.6. The lowest BCUT2D eigenvalue weighted by molar-refractivity contribution is -0.132. The van der Waals surface area contributed by atoms with E-state index in [0.717, 1.165) is 29.9 Å². The van der Waals surface area contributed by atoms with Crippen LogP contribution in [0.3, 0.4) is 0 Å². The molecule has 1 fully saturated rings. The predicted octanol–water partition coefficient (Wildman–Crippen LogP) is 5.47. The molecule has 4 aromatic rings. The molecule has 0 saturated carbocycles. The predicted molar refractivity (Wildman–Crippen MR) is 164 cm³/mol. The summed E-state index contributed by atoms with van der Waals surface area (Å²) >= 11 is 6.33. The van der Waals surface area contributed by atoms with Crippen LogP contribution in [0.15, 0.2) is 84.9 Å². The van der Waals surface area contributed by atoms with Gasteiger partial charge < -0.3 is 24.2 Å². The van der Waals surface area contributed by atoms with Gasteiger partial charge in [0.25, 0.3) is 5.91 Å². The summed E-state index contributed by atoms with van der Waals surface area (Å²) in [7, 11) is 0. The van der Waals surface area contributed by atoms with Gasteiger partial charge in [-0.2, -0.15) is 0 Å². The minimum atomic E-state index is -0.321. The van der Waals surface area contributed by atoms with Gasteiger partial charge in [-0.15, -0.1) is 10.2 Å². The smallest absolute Gasteiger partial charge is 0.254 e. The van der Waals surface area contributed by atoms with Crippen molar-refractivity contribution in [3.05, 3.63) is 101 Å². The molecule has 10 heteroatoms. The summed E-state index contributed by atoms with van der Waals surface area (Å²) in [6, 6.07) is 26.0. The number of nitrogens with zero attached hydrogens (tertiary/aromatic N) is 5. The maximum Gasteiger partial charge on any atom is 0.254 e. The second-order valence-corrected chi connectivity index (χ2v) is 11.0. The number of carbonyl (C=O) groups excluding carboxylic acids is 2. The van der Waals surface area contributed by atoms with E-state index in [4.69, 9.17) is 21.1 Å². The summed E-state index contributed by atoms with van der Waals surface area (Å²) < 4.78 is 10.9. The third-order valence-electron chi connectivity index (χ3n) is 7.91. The van der Waals surface area contributed by atoms with E-state index in [-0.39, 0.29) is 31.2 Å². The molecule has 0 radical (unpaired) electrons. The van der Waals surface area contributed by atoms with Crippen LogP contribution in [0.4, 0.5) is 5.82 Å². The van der Waals surface area contributed by atoms with E-state index in [1.54, 1.807) is 23.1 Å². The van der Waals surface area contributed by atoms with Crippen LogP contribution in [-0.4, -0.2) is 71.3 Å². The first kappa shape index (κ1) is 28.5. The van der Waals surface area contributed by atoms with Crippen molar-refractivity contribution in [3.63, 3.8) is 0 Å². The summed E-state index contributed by atoms with van der Waals surface area (Å²) in [4.78, 5) is 33.2. The Kier molecular flexibility index (Phi) is 8.42. The van der Waals surface area contributed by atoms with Gasteiger partial charge in [-0.1, -0.05) is 60.1 Å². The maximum atomic E-state index is 13.9. The molecule has 220 valence electrons. The Morgan fingerprint density at radius 2 is 1.67 bits per heavy atom. The SMILES string of the molecule is CC(c1ccccc1)N(CC(=O)N1CCCN(c2ccc(-c3ccccc3Cl)nn2)CC1)C(=O)c1ccc2c(c1)OCO2. The molecular weight excluding hydrogens is 566 g/mol. The Hall–Kier alpha value is -4.63. The molecule has 9 nitrogen and oxygen atoms in total. The minimum Gasteiger partial charge on any atom is -0.454 e. The number of fused-ring (bicyclic) bond motifs is 1. The van der Waals surface area contributed by atoms with Gasteiger partial charge in [-0.05, 0) is 55.3 Å². The Bertz CT molecular complexity index is 1600. The van der Waals surface area contributed by atoms with Gasteiger partial charge in [0.2, 0.25) is 12.7 Å². The Morgan fingerprint density at radius 1 is 0.884 bits per heavy atom. The molecular formula is C33H32ClN5O4. The van der Waals surface area contributed by atoms with Crippen molar-refractivity contribution in [3.8, 4) is 22.8 Å². The summed E-state index contributed by atoms with van der Waals surface area (Å²) in [5.74, 6) is 1.54. The molecule has 1 unspecified atom stereocenters. The van der Waals surface area contributed by atoms with Crippen molar-refractivity contribution < 1.29 is 19.1 Å². The van der Waals surface area contributed by atoms with Crippen LogP contribution < -0.4 is 14.4 Å². The zero-order chi connectivity index (χ0) is 29.8. The van der Waals surface area contributed by atoms with Crippen molar-refractivity contribution in [1.29, 1.82) is 0 Å². The molecule has 43 heavy (non-hydrogen) atoms. The highest BCUT2D eigenvalue weighted by Crippen LogP contribution is 2.34. The number of hydrogen-bond donors (Lipinski definition) is 0. The number of hydrogen-bond acceptors (Lipinski definition) is 7. The van der Waals surface area contributed by atoms with Gasteiger partial charge in [0.15, 0.2) is 17.3 Å². The highest BCUT2D eigenvalue weighted by atomic mass is 35.5. The zero-order valence-electron chi connectivity index (χ0n) is 23.9. The Labute approximate surface area is 255 Å². The monoisotopic (exact) mass is 597 g/mol. The molecule has 3 aromatic carbocycles. The largest absolute Gasteiger partial charge is 0.454 e. The van der Waals surface area contributed by atoms with Crippen LogP contribution in [0.2, 0.25) is 5.02 Å². The number of anilines is 1. The molecule has 2 aliphatic rings. The molecule has 3 heterocycles. The second-order valence-electron chi connectivity index (χ2n) is 10.6. The summed E-state index contributed by atoms with van der Waals surface area (Å²) in [6.07, 6.45) is 0.768. The van der Waals surface area contributed by atoms with Crippen LogP contribution in [0, 0.1) is 0 Å². The van der Waals surface area contributed by atoms with E-state index in [2.05, 4.69) is 15.1 Å². The summed E-state index contributed by atoms with van der Waals surface area (Å²) in [5, 5.41) is 9.50. The fraction of sp³-hybridized carbons (Fsp3) is 0.273. The number of aromatic nitrogens is 2. The van der Waals surface area contributed by atoms with Crippen molar-refractivity contribution in [1.82, 2.24) is 20.0 Å². The van der Waals surface area contributed by atoms with E-state index >= 15 is 0 Å². The number of benzene rings is 3. The molecule has 1 aromatic heterocycles. The molecule has 1 atom stereocenters. The third-order valence-corrected chi connectivity index (χ3v) is 8.24. The highest BCUT2D eigenvalue weighted by molar-refractivity contribution is 6.33. The van der Waals surface area contributed by atoms with Gasteiger partial charge in [0.1, 0.15) is 6.54 Å². The number of rotatable bonds is 7. The Balaban J connectivity index is 1.15. The molecule has 0 aliphatic carbocycles. The molecule has 1 saturated heterocycles. The van der Waals surface area contributed by atoms with Crippen LogP contribution >= 0.6 is 11.6 Å². The normalized spacial score (nSPS) is 15.1. The first-order chi connectivity index (χ1) is 21.0. The Morgan fingerprint density at radius 3 is 2.47 bits per heavy atom. The van der Waals surface area contributed by atoms with Crippen LogP contribution in [0.25, 0.3) is 11.3 Å². The molecule has 2 amide bonds. The fourth-order valence-corrected chi connectivity index (χ4v) is 5.67. The van der Waals surface area contributed by atoms with Crippen LogP contribution in [0.5, 0.6) is 11.5 Å². The molecule has 0 N–H and O–H groups in total. The van der Waals surface area contributed by atoms with Crippen LogP contribution in [0.1, 0.15) is 35.3 Å². The van der Waals surface area contributed by atoms with E-state index < -0.39 is 0 Å². The first-order valence-corrected chi connectivity index (χ1v) is 14.7. The number of carbonyl (C=O) groups is 2. The molecule has 0 spiro atoms. The summed E-state index contributed by atoms with van der Waals surface area (Å²) in [6.45, 7) is 4.47. The lowest BCUT2D eigenvalue weighted by atomic mass is 10.0. The number of amides is 2. The van der Waals surface area contributed by atoms with Crippen molar-refractivity contribution in [2.45, 2.75) is 19.4 Å². The van der Waals surface area contributed by atoms with Gasteiger partial charge in [0, 0.05) is 37.3 Å². The average Bonchev–Trinajstić information content (AvgIpc) is 3.38. The fourth-order valence-electron chi connectivity index (χ4n) is 5.44. The van der Waals surface area contributed by atoms with E-state index in [0.29, 0.717) is 47.4 Å². The number of halogens is 1. The van der Waals surface area contributed by atoms with E-state index in [1.807, 2.05) is 78.6 Å². The first-order valence-electron chi connectivity index (χ1n) is 14.3. The lowest BCUT2D eigenvalue weighted by Crippen LogP contribution is -2.45.